The van der Waals surface area contributed by atoms with Crippen molar-refractivity contribution >= 4 is 28.4 Å². The number of amides is 1. The molecule has 5 rings (SSSR count). The third-order valence-corrected chi connectivity index (χ3v) is 5.81. The fourth-order valence-electron chi connectivity index (χ4n) is 4.02. The Balaban J connectivity index is 1.61. The minimum Gasteiger partial charge on any atom is -0.379 e. The maximum atomic E-state index is 13.0. The second kappa shape index (κ2) is 7.10. The van der Waals surface area contributed by atoms with Gasteiger partial charge in [0, 0.05) is 50.6 Å². The third-order valence-electron chi connectivity index (χ3n) is 5.81. The van der Waals surface area contributed by atoms with Crippen LogP contribution in [0.2, 0.25) is 0 Å². The van der Waals surface area contributed by atoms with E-state index in [2.05, 4.69) is 20.7 Å². The molecule has 4 aromatic heterocycles. The van der Waals surface area contributed by atoms with Gasteiger partial charge in [-0.05, 0) is 25.0 Å². The quantitative estimate of drug-likeness (QED) is 0.528. The number of nitrogens with zero attached hydrogens (tertiary/aromatic N) is 5. The van der Waals surface area contributed by atoms with Gasteiger partial charge in [0.25, 0.3) is 5.91 Å². The molecule has 0 spiro atoms. The number of pyridine rings is 1. The topological polar surface area (TPSA) is 98.4 Å². The molecule has 0 saturated heterocycles. The Hall–Kier alpha value is -3.46. The number of nitrogens with one attached hydrogen (secondary N) is 2. The van der Waals surface area contributed by atoms with Crippen LogP contribution in [-0.4, -0.2) is 56.4 Å². The van der Waals surface area contributed by atoms with Gasteiger partial charge in [0.15, 0.2) is 5.65 Å². The summed E-state index contributed by atoms with van der Waals surface area (Å²) in [6, 6.07) is 5.88. The molecule has 2 N–H and O–H groups in total. The van der Waals surface area contributed by atoms with E-state index < -0.39 is 0 Å². The monoisotopic (exact) mass is 405 g/mol. The maximum Gasteiger partial charge on any atom is 0.257 e. The van der Waals surface area contributed by atoms with Crippen molar-refractivity contribution < 1.29 is 9.53 Å². The molecule has 0 aromatic carbocycles. The van der Waals surface area contributed by atoms with Crippen LogP contribution in [0.1, 0.15) is 23.2 Å². The molecular weight excluding hydrogens is 382 g/mol. The zero-order valence-electron chi connectivity index (χ0n) is 17.1. The van der Waals surface area contributed by atoms with E-state index in [1.54, 1.807) is 24.0 Å². The maximum absolute atomic E-state index is 13.0. The number of ether oxygens (including phenoxy) is 1. The summed E-state index contributed by atoms with van der Waals surface area (Å²) in [5.41, 5.74) is 3.52. The number of aryl methyl sites for hydroxylation is 1. The van der Waals surface area contributed by atoms with E-state index in [1.165, 1.54) is 0 Å². The van der Waals surface area contributed by atoms with Crippen LogP contribution in [0.3, 0.4) is 0 Å². The number of fused-ring (bicyclic) bond motifs is 2. The summed E-state index contributed by atoms with van der Waals surface area (Å²) < 4.78 is 9.01. The van der Waals surface area contributed by atoms with E-state index in [1.807, 2.05) is 43.1 Å². The Labute approximate surface area is 173 Å². The van der Waals surface area contributed by atoms with Gasteiger partial charge in [-0.15, -0.1) is 0 Å². The molecule has 154 valence electrons. The molecule has 9 nitrogen and oxygen atoms in total. The lowest BCUT2D eigenvalue weighted by molar-refractivity contribution is 0.00732. The molecule has 1 aliphatic rings. The molecule has 2 atom stereocenters. The lowest BCUT2D eigenvalue weighted by Gasteiger charge is -2.35. The summed E-state index contributed by atoms with van der Waals surface area (Å²) >= 11 is 0. The Morgan fingerprint density at radius 2 is 2.17 bits per heavy atom. The van der Waals surface area contributed by atoms with Gasteiger partial charge in [-0.25, -0.2) is 9.97 Å². The molecule has 30 heavy (non-hydrogen) atoms. The lowest BCUT2D eigenvalue weighted by Crippen LogP contribution is -2.51. The van der Waals surface area contributed by atoms with Gasteiger partial charge in [0.1, 0.15) is 17.0 Å². The molecule has 1 saturated carbocycles. The van der Waals surface area contributed by atoms with E-state index in [4.69, 9.17) is 9.72 Å². The number of hydrogen-bond donors (Lipinski definition) is 2. The number of rotatable bonds is 5. The fourth-order valence-corrected chi connectivity index (χ4v) is 4.02. The Morgan fingerprint density at radius 3 is 2.90 bits per heavy atom. The molecule has 9 heteroatoms. The number of aromatic nitrogens is 5. The first kappa shape index (κ1) is 18.6. The Kier molecular flexibility index (Phi) is 4.39. The molecule has 4 aromatic rings. The molecule has 0 bridgehead atoms. The zero-order valence-corrected chi connectivity index (χ0v) is 17.1. The number of carbonyl (C=O) groups is 1. The first-order valence-corrected chi connectivity index (χ1v) is 9.91. The van der Waals surface area contributed by atoms with Crippen molar-refractivity contribution in [3.05, 3.63) is 42.4 Å². The van der Waals surface area contributed by atoms with E-state index in [0.29, 0.717) is 11.2 Å². The summed E-state index contributed by atoms with van der Waals surface area (Å²) in [4.78, 5) is 22.2. The fraction of sp³-hybridized carbons (Fsp3) is 0.333. The average molecular weight is 405 g/mol. The predicted octanol–water partition coefficient (Wildman–Crippen LogP) is 2.23. The highest BCUT2D eigenvalue weighted by Crippen LogP contribution is 2.30. The van der Waals surface area contributed by atoms with Crippen LogP contribution in [0.15, 0.2) is 36.8 Å². The highest BCUT2D eigenvalue weighted by atomic mass is 16.5. The van der Waals surface area contributed by atoms with Crippen molar-refractivity contribution in [2.45, 2.75) is 25.0 Å². The second-order valence-electron chi connectivity index (χ2n) is 7.53. The molecule has 0 aliphatic heterocycles. The van der Waals surface area contributed by atoms with Crippen LogP contribution >= 0.6 is 0 Å². The number of methoxy groups -OCH3 is 1. The van der Waals surface area contributed by atoms with Crippen molar-refractivity contribution in [1.82, 2.24) is 29.5 Å². The van der Waals surface area contributed by atoms with Gasteiger partial charge < -0.3 is 19.9 Å². The highest BCUT2D eigenvalue weighted by Gasteiger charge is 2.33. The first-order valence-electron chi connectivity index (χ1n) is 9.91. The number of hydrogen-bond acceptors (Lipinski definition) is 6. The van der Waals surface area contributed by atoms with E-state index in [-0.39, 0.29) is 18.1 Å². The molecule has 1 amide bonds. The van der Waals surface area contributed by atoms with Gasteiger partial charge in [0.2, 0.25) is 0 Å². The van der Waals surface area contributed by atoms with Crippen LogP contribution in [0.5, 0.6) is 0 Å². The molecule has 1 fully saturated rings. The van der Waals surface area contributed by atoms with Gasteiger partial charge in [-0.1, -0.05) is 0 Å². The summed E-state index contributed by atoms with van der Waals surface area (Å²) in [6.07, 6.45) is 7.27. The van der Waals surface area contributed by atoms with E-state index in [9.17, 15) is 4.79 Å². The van der Waals surface area contributed by atoms with E-state index >= 15 is 0 Å². The average Bonchev–Trinajstić information content (AvgIpc) is 3.32. The molecule has 1 aliphatic carbocycles. The van der Waals surface area contributed by atoms with Crippen LogP contribution in [0, 0.1) is 0 Å². The normalized spacial score (nSPS) is 18.5. The van der Waals surface area contributed by atoms with Crippen LogP contribution in [-0.2, 0) is 11.8 Å². The summed E-state index contributed by atoms with van der Waals surface area (Å²) in [6.45, 7) is 0. The minimum atomic E-state index is -0.192. The molecular formula is C21H23N7O2. The predicted molar refractivity (Wildman–Crippen MR) is 114 cm³/mol. The minimum absolute atomic E-state index is 0.0218. The Bertz CT molecular complexity index is 1260. The third kappa shape index (κ3) is 2.81. The first-order chi connectivity index (χ1) is 14.6. The zero-order chi connectivity index (χ0) is 20.8. The SMILES string of the molecule is CNc1cc(-c2cn(C)c3ncccc23)nc2c(C(=O)NC3CC[C@H]3OC)cnn12. The van der Waals surface area contributed by atoms with E-state index in [0.717, 1.165) is 41.0 Å². The van der Waals surface area contributed by atoms with Gasteiger partial charge in [0.05, 0.1) is 24.0 Å². The Morgan fingerprint density at radius 1 is 1.30 bits per heavy atom. The van der Waals surface area contributed by atoms with Crippen molar-refractivity contribution in [3.63, 3.8) is 0 Å². The van der Waals surface area contributed by atoms with Crippen LogP contribution in [0.4, 0.5) is 5.82 Å². The van der Waals surface area contributed by atoms with Crippen LogP contribution < -0.4 is 10.6 Å². The van der Waals surface area contributed by atoms with Crippen molar-refractivity contribution in [2.75, 3.05) is 19.5 Å². The second-order valence-corrected chi connectivity index (χ2v) is 7.53. The largest absolute Gasteiger partial charge is 0.379 e. The van der Waals surface area contributed by atoms with Crippen molar-refractivity contribution in [2.24, 2.45) is 7.05 Å². The van der Waals surface area contributed by atoms with Crippen molar-refractivity contribution in [1.29, 1.82) is 0 Å². The molecule has 4 heterocycles. The summed E-state index contributed by atoms with van der Waals surface area (Å²) in [7, 11) is 5.45. The lowest BCUT2D eigenvalue weighted by atomic mass is 9.89. The molecule has 0 radical (unpaired) electrons. The highest BCUT2D eigenvalue weighted by molar-refractivity contribution is 6.01. The number of carbonyl (C=O) groups excluding carboxylic acids is 1. The van der Waals surface area contributed by atoms with Gasteiger partial charge in [-0.2, -0.15) is 9.61 Å². The standard InChI is InChI=1S/C21H23N7O2/c1-22-18-9-16(14-11-27(2)19-12(14)5-4-8-23-19)25-20-13(10-24-28(18)20)21(29)26-15-6-7-17(15)30-3/h4-5,8-11,15,17,22H,6-7H2,1-3H3,(H,26,29)/t15?,17-/m1/s1. The summed E-state index contributed by atoms with van der Waals surface area (Å²) in [5.74, 6) is 0.552. The van der Waals surface area contributed by atoms with Gasteiger partial charge >= 0.3 is 0 Å². The number of anilines is 1. The smallest absolute Gasteiger partial charge is 0.257 e. The van der Waals surface area contributed by atoms with Crippen molar-refractivity contribution in [3.8, 4) is 11.3 Å². The summed E-state index contributed by atoms with van der Waals surface area (Å²) in [5, 5.41) is 11.6. The van der Waals surface area contributed by atoms with Gasteiger partial charge in [-0.3, -0.25) is 4.79 Å². The molecule has 1 unspecified atom stereocenters. The van der Waals surface area contributed by atoms with Crippen LogP contribution in [0.25, 0.3) is 27.9 Å².